The Balaban J connectivity index is 1.36. The molecule has 0 amide bonds. The Morgan fingerprint density at radius 2 is 1.37 bits per heavy atom. The Morgan fingerprint density at radius 3 is 1.98 bits per heavy atom. The molecule has 0 saturated carbocycles. The molecule has 1 aliphatic rings. The molecule has 0 bridgehead atoms. The molecule has 0 atom stereocenters. The Morgan fingerprint density at radius 1 is 0.791 bits per heavy atom. The van der Waals surface area contributed by atoms with Gasteiger partial charge in [0.1, 0.15) is 17.9 Å². The summed E-state index contributed by atoms with van der Waals surface area (Å²) in [7, 11) is 0. The maximum Gasteiger partial charge on any atom is 0.207 e. The largest absolute Gasteiger partial charge is 0.318 e. The zero-order valence-corrected chi connectivity index (χ0v) is 23.5. The van der Waals surface area contributed by atoms with Gasteiger partial charge in [0.25, 0.3) is 0 Å². The third-order valence-corrected chi connectivity index (χ3v) is 8.20. The summed E-state index contributed by atoms with van der Waals surface area (Å²) in [4.78, 5) is 18.3. The van der Waals surface area contributed by atoms with Gasteiger partial charge in [0.15, 0.2) is 0 Å². The molecule has 1 aliphatic heterocycles. The van der Waals surface area contributed by atoms with Crippen LogP contribution in [0, 0.1) is 0 Å². The molecular weight excluding hydrogens is 535 g/mol. The number of nitrogens with zero attached hydrogens (tertiary/aromatic N) is 4. The van der Waals surface area contributed by atoms with Crippen molar-refractivity contribution in [3.63, 3.8) is 0 Å². The number of fused-ring (bicyclic) bond motifs is 1. The van der Waals surface area contributed by atoms with E-state index in [0.29, 0.717) is 24.2 Å². The van der Waals surface area contributed by atoms with E-state index in [1.165, 1.54) is 0 Å². The number of carbonyl (C=O) groups excluding carboxylic acids is 1. The fourth-order valence-electron chi connectivity index (χ4n) is 6.21. The van der Waals surface area contributed by atoms with Gasteiger partial charge in [-0.2, -0.15) is 5.10 Å². The first-order valence-electron chi connectivity index (χ1n) is 14.4. The van der Waals surface area contributed by atoms with E-state index < -0.39 is 12.2 Å². The van der Waals surface area contributed by atoms with Crippen LogP contribution >= 0.6 is 0 Å². The van der Waals surface area contributed by atoms with Gasteiger partial charge in [0, 0.05) is 23.9 Å². The van der Waals surface area contributed by atoms with Crippen molar-refractivity contribution < 1.29 is 9.18 Å². The number of Topliss-reactive ketones (excluding diaryl/α,β-unsaturated/α-hetero) is 1. The second-order valence-corrected chi connectivity index (χ2v) is 10.7. The molecule has 6 heteroatoms. The van der Waals surface area contributed by atoms with E-state index in [1.807, 2.05) is 54.9 Å². The average Bonchev–Trinajstić information content (AvgIpc) is 3.73. The van der Waals surface area contributed by atoms with Crippen molar-refractivity contribution in [1.82, 2.24) is 19.3 Å². The fourth-order valence-corrected chi connectivity index (χ4v) is 6.21. The van der Waals surface area contributed by atoms with Gasteiger partial charge in [0.2, 0.25) is 5.78 Å². The van der Waals surface area contributed by atoms with Crippen LogP contribution in [0.15, 0.2) is 139 Å². The summed E-state index contributed by atoms with van der Waals surface area (Å²) < 4.78 is 17.0. The SMILES string of the molecule is O=C1C(=Cc2ccccc2-c2cn(C(c3ccccc3)(c3ccccc3)c3ccccc3)cn2)CCn2nc(CF)cc21. The first-order chi connectivity index (χ1) is 21.2. The third kappa shape index (κ3) is 4.61. The number of carbonyl (C=O) groups is 1. The predicted octanol–water partition coefficient (Wildman–Crippen LogP) is 7.73. The minimum atomic E-state index is -0.686. The molecule has 7 rings (SSSR count). The molecular formula is C37H29FN4O. The lowest BCUT2D eigenvalue weighted by Crippen LogP contribution is -2.36. The van der Waals surface area contributed by atoms with Crippen molar-refractivity contribution in [2.45, 2.75) is 25.2 Å². The van der Waals surface area contributed by atoms with Crippen LogP contribution < -0.4 is 0 Å². The van der Waals surface area contributed by atoms with Crippen LogP contribution in [-0.2, 0) is 18.8 Å². The summed E-state index contributed by atoms with van der Waals surface area (Å²) in [6.45, 7) is -0.147. The molecule has 0 spiro atoms. The number of halogens is 1. The maximum atomic E-state index is 13.3. The molecule has 4 aromatic carbocycles. The van der Waals surface area contributed by atoms with E-state index in [1.54, 1.807) is 10.7 Å². The van der Waals surface area contributed by atoms with E-state index in [9.17, 15) is 9.18 Å². The topological polar surface area (TPSA) is 52.7 Å². The molecule has 0 N–H and O–H groups in total. The number of benzene rings is 4. The third-order valence-electron chi connectivity index (χ3n) is 8.20. The minimum absolute atomic E-state index is 0.116. The number of rotatable bonds is 7. The van der Waals surface area contributed by atoms with Crippen LogP contribution in [0.4, 0.5) is 4.39 Å². The summed E-state index contributed by atoms with van der Waals surface area (Å²) in [5, 5.41) is 4.21. The van der Waals surface area contributed by atoms with Crippen LogP contribution in [0.25, 0.3) is 17.3 Å². The number of alkyl halides is 1. The summed E-state index contributed by atoms with van der Waals surface area (Å²) >= 11 is 0. The molecule has 0 radical (unpaired) electrons. The Labute approximate surface area is 249 Å². The Kier molecular flexibility index (Phi) is 6.87. The zero-order chi connectivity index (χ0) is 29.2. The van der Waals surface area contributed by atoms with E-state index in [-0.39, 0.29) is 11.5 Å². The van der Waals surface area contributed by atoms with Gasteiger partial charge >= 0.3 is 0 Å². The lowest BCUT2D eigenvalue weighted by Gasteiger charge is -2.37. The van der Waals surface area contributed by atoms with Crippen LogP contribution in [0.5, 0.6) is 0 Å². The maximum absolute atomic E-state index is 13.3. The number of ketones is 1. The van der Waals surface area contributed by atoms with Crippen molar-refractivity contribution in [1.29, 1.82) is 0 Å². The fraction of sp³-hybridized carbons (Fsp3) is 0.108. The molecule has 6 aromatic rings. The van der Waals surface area contributed by atoms with E-state index in [4.69, 9.17) is 4.98 Å². The lowest BCUT2D eigenvalue weighted by molar-refractivity contribution is 0.101. The van der Waals surface area contributed by atoms with Crippen molar-refractivity contribution >= 4 is 11.9 Å². The number of allylic oxidation sites excluding steroid dienone is 1. The monoisotopic (exact) mass is 564 g/mol. The molecule has 3 heterocycles. The Hall–Kier alpha value is -5.36. The number of hydrogen-bond acceptors (Lipinski definition) is 3. The van der Waals surface area contributed by atoms with Crippen LogP contribution in [-0.4, -0.2) is 25.1 Å². The predicted molar refractivity (Wildman–Crippen MR) is 166 cm³/mol. The van der Waals surface area contributed by atoms with Crippen LogP contribution in [0.3, 0.4) is 0 Å². The second-order valence-electron chi connectivity index (χ2n) is 10.7. The van der Waals surface area contributed by atoms with E-state index >= 15 is 0 Å². The van der Waals surface area contributed by atoms with Gasteiger partial charge in [-0.3, -0.25) is 9.48 Å². The summed E-state index contributed by atoms with van der Waals surface area (Å²) in [6, 6.07) is 41.0. The highest BCUT2D eigenvalue weighted by molar-refractivity contribution is 6.11. The molecule has 210 valence electrons. The highest BCUT2D eigenvalue weighted by Gasteiger charge is 2.38. The molecule has 0 fully saturated rings. The van der Waals surface area contributed by atoms with Gasteiger partial charge in [-0.05, 0) is 40.8 Å². The van der Waals surface area contributed by atoms with Gasteiger partial charge in [-0.15, -0.1) is 0 Å². The van der Waals surface area contributed by atoms with Crippen molar-refractivity contribution in [2.75, 3.05) is 0 Å². The highest BCUT2D eigenvalue weighted by atomic mass is 19.1. The Bertz CT molecular complexity index is 1830. The highest BCUT2D eigenvalue weighted by Crippen LogP contribution is 2.41. The number of hydrogen-bond donors (Lipinski definition) is 0. The van der Waals surface area contributed by atoms with E-state index in [0.717, 1.165) is 33.5 Å². The van der Waals surface area contributed by atoms with Crippen molar-refractivity contribution in [2.24, 2.45) is 0 Å². The molecule has 0 aliphatic carbocycles. The molecule has 0 saturated heterocycles. The number of aryl methyl sites for hydroxylation is 1. The number of imidazole rings is 1. The smallest absolute Gasteiger partial charge is 0.207 e. The molecule has 5 nitrogen and oxygen atoms in total. The van der Waals surface area contributed by atoms with Gasteiger partial charge in [-0.25, -0.2) is 9.37 Å². The zero-order valence-electron chi connectivity index (χ0n) is 23.5. The van der Waals surface area contributed by atoms with Gasteiger partial charge in [-0.1, -0.05) is 115 Å². The first-order valence-corrected chi connectivity index (χ1v) is 14.4. The second kappa shape index (κ2) is 11.1. The summed E-state index contributed by atoms with van der Waals surface area (Å²) in [6.07, 6.45) is 6.47. The van der Waals surface area contributed by atoms with Gasteiger partial charge in [0.05, 0.1) is 17.7 Å². The minimum Gasteiger partial charge on any atom is -0.318 e. The quantitative estimate of drug-likeness (QED) is 0.147. The van der Waals surface area contributed by atoms with Crippen molar-refractivity contribution in [3.8, 4) is 11.3 Å². The van der Waals surface area contributed by atoms with Crippen LogP contribution in [0.1, 0.15) is 44.9 Å². The molecule has 43 heavy (non-hydrogen) atoms. The lowest BCUT2D eigenvalue weighted by atomic mass is 9.77. The van der Waals surface area contributed by atoms with Gasteiger partial charge < -0.3 is 4.57 Å². The summed E-state index contributed by atoms with van der Waals surface area (Å²) in [5.41, 5.74) is 6.70. The van der Waals surface area contributed by atoms with Crippen molar-refractivity contribution in [3.05, 3.63) is 173 Å². The normalized spacial score (nSPS) is 14.2. The molecule has 0 unspecified atom stereocenters. The molecule has 2 aromatic heterocycles. The number of aromatic nitrogens is 4. The summed E-state index contributed by atoms with van der Waals surface area (Å²) in [5.74, 6) is -0.116. The van der Waals surface area contributed by atoms with Crippen LogP contribution in [0.2, 0.25) is 0 Å². The first kappa shape index (κ1) is 26.5. The van der Waals surface area contributed by atoms with E-state index in [2.05, 4.69) is 88.7 Å². The average molecular weight is 565 g/mol. The standard InChI is InChI=1S/C37H29FN4O/c38-24-32-23-35-36(43)28(20-21-42(35)40-32)22-27-12-10-11-19-33(27)34-25-41(26-39-34)37(29-13-4-1-5-14-29,30-15-6-2-7-16-30)31-17-8-3-9-18-31/h1-19,22-23,25-26H,20-21,24H2.